The summed E-state index contributed by atoms with van der Waals surface area (Å²) in [6.07, 6.45) is 6.96. The minimum Gasteiger partial charge on any atom is -0.345 e. The summed E-state index contributed by atoms with van der Waals surface area (Å²) in [6, 6.07) is 6.47. The first-order chi connectivity index (χ1) is 10.1. The molecule has 1 aliphatic carbocycles. The summed E-state index contributed by atoms with van der Waals surface area (Å²) in [5.74, 6) is 0.768. The second-order valence-electron chi connectivity index (χ2n) is 6.44. The summed E-state index contributed by atoms with van der Waals surface area (Å²) < 4.78 is 12.9. The Hall–Kier alpha value is -1.38. The molecular formula is C18H26FNO. The van der Waals surface area contributed by atoms with Gasteiger partial charge >= 0.3 is 0 Å². The van der Waals surface area contributed by atoms with Gasteiger partial charge < -0.3 is 4.90 Å². The molecule has 1 atom stereocenters. The Morgan fingerprint density at radius 3 is 2.48 bits per heavy atom. The van der Waals surface area contributed by atoms with E-state index in [1.807, 2.05) is 18.9 Å². The molecule has 0 N–H and O–H groups in total. The highest BCUT2D eigenvalue weighted by Gasteiger charge is 2.20. The fourth-order valence-corrected chi connectivity index (χ4v) is 3.19. The summed E-state index contributed by atoms with van der Waals surface area (Å²) in [4.78, 5) is 14.2. The molecule has 0 aliphatic heterocycles. The quantitative estimate of drug-likeness (QED) is 0.789. The van der Waals surface area contributed by atoms with Crippen molar-refractivity contribution < 1.29 is 9.18 Å². The van der Waals surface area contributed by atoms with Crippen LogP contribution < -0.4 is 0 Å². The van der Waals surface area contributed by atoms with Crippen LogP contribution in [0, 0.1) is 11.7 Å². The van der Waals surface area contributed by atoms with Crippen molar-refractivity contribution in [3.63, 3.8) is 0 Å². The summed E-state index contributed by atoms with van der Waals surface area (Å²) in [6.45, 7) is 2.91. The number of hydrogen-bond acceptors (Lipinski definition) is 1. The Labute approximate surface area is 127 Å². The smallest absolute Gasteiger partial charge is 0.222 e. The Morgan fingerprint density at radius 2 is 1.86 bits per heavy atom. The molecule has 21 heavy (non-hydrogen) atoms. The molecule has 1 aromatic rings. The van der Waals surface area contributed by atoms with Crippen molar-refractivity contribution in [2.75, 3.05) is 13.6 Å². The highest BCUT2D eigenvalue weighted by molar-refractivity contribution is 5.76. The number of halogens is 1. The summed E-state index contributed by atoms with van der Waals surface area (Å²) in [5.41, 5.74) is 1.02. The zero-order valence-electron chi connectivity index (χ0n) is 13.1. The van der Waals surface area contributed by atoms with Gasteiger partial charge in [0.15, 0.2) is 0 Å². The van der Waals surface area contributed by atoms with Gasteiger partial charge in [0.25, 0.3) is 0 Å². The molecule has 0 bridgehead atoms. The molecule has 1 unspecified atom stereocenters. The molecule has 1 fully saturated rings. The maximum atomic E-state index is 12.9. The van der Waals surface area contributed by atoms with E-state index in [1.54, 1.807) is 12.1 Å². The van der Waals surface area contributed by atoms with E-state index in [9.17, 15) is 9.18 Å². The van der Waals surface area contributed by atoms with Crippen LogP contribution in [-0.4, -0.2) is 24.4 Å². The normalized spacial score (nSPS) is 17.5. The molecule has 116 valence electrons. The fourth-order valence-electron chi connectivity index (χ4n) is 3.19. The van der Waals surface area contributed by atoms with Crippen molar-refractivity contribution in [1.82, 2.24) is 4.90 Å². The SMILES string of the molecule is CC(CC(=O)N(C)CC1CCCCC1)c1ccc(F)cc1. The summed E-state index contributed by atoms with van der Waals surface area (Å²) in [5, 5.41) is 0. The van der Waals surface area contributed by atoms with Crippen molar-refractivity contribution in [3.8, 4) is 0 Å². The average Bonchev–Trinajstić information content (AvgIpc) is 2.48. The van der Waals surface area contributed by atoms with Crippen LogP contribution in [0.2, 0.25) is 0 Å². The van der Waals surface area contributed by atoms with Gasteiger partial charge in [-0.15, -0.1) is 0 Å². The number of carbonyl (C=O) groups is 1. The van der Waals surface area contributed by atoms with Crippen LogP contribution in [0.1, 0.15) is 56.9 Å². The third-order valence-electron chi connectivity index (χ3n) is 4.60. The van der Waals surface area contributed by atoms with E-state index >= 15 is 0 Å². The van der Waals surface area contributed by atoms with Crippen molar-refractivity contribution >= 4 is 5.91 Å². The highest BCUT2D eigenvalue weighted by Crippen LogP contribution is 2.25. The lowest BCUT2D eigenvalue weighted by Gasteiger charge is -2.27. The molecule has 2 nitrogen and oxygen atoms in total. The van der Waals surface area contributed by atoms with Crippen LogP contribution >= 0.6 is 0 Å². The first-order valence-corrected chi connectivity index (χ1v) is 8.05. The molecule has 1 aromatic carbocycles. The maximum absolute atomic E-state index is 12.9. The molecule has 1 saturated carbocycles. The maximum Gasteiger partial charge on any atom is 0.222 e. The molecule has 0 aromatic heterocycles. The Balaban J connectivity index is 1.83. The average molecular weight is 291 g/mol. The highest BCUT2D eigenvalue weighted by atomic mass is 19.1. The molecule has 3 heteroatoms. The van der Waals surface area contributed by atoms with Gasteiger partial charge in [0, 0.05) is 20.0 Å². The minimum absolute atomic E-state index is 0.131. The number of hydrogen-bond donors (Lipinski definition) is 0. The van der Waals surface area contributed by atoms with Gasteiger partial charge in [0.1, 0.15) is 5.82 Å². The lowest BCUT2D eigenvalue weighted by Crippen LogP contribution is -2.33. The Bertz CT molecular complexity index is 451. The second kappa shape index (κ2) is 7.58. The molecule has 0 heterocycles. The Kier molecular flexibility index (Phi) is 5.77. The zero-order valence-corrected chi connectivity index (χ0v) is 13.1. The van der Waals surface area contributed by atoms with Crippen molar-refractivity contribution in [3.05, 3.63) is 35.6 Å². The predicted molar refractivity (Wildman–Crippen MR) is 83.6 cm³/mol. The first-order valence-electron chi connectivity index (χ1n) is 8.05. The molecule has 2 rings (SSSR count). The molecule has 0 saturated heterocycles. The van der Waals surface area contributed by atoms with Crippen molar-refractivity contribution in [2.45, 2.75) is 51.4 Å². The molecular weight excluding hydrogens is 265 g/mol. The largest absolute Gasteiger partial charge is 0.345 e. The number of nitrogens with zero attached hydrogens (tertiary/aromatic N) is 1. The summed E-state index contributed by atoms with van der Waals surface area (Å²) in [7, 11) is 1.91. The summed E-state index contributed by atoms with van der Waals surface area (Å²) >= 11 is 0. The van der Waals surface area contributed by atoms with Gasteiger partial charge in [-0.25, -0.2) is 4.39 Å². The third kappa shape index (κ3) is 4.83. The zero-order chi connectivity index (χ0) is 15.2. The van der Waals surface area contributed by atoms with Crippen LogP contribution in [-0.2, 0) is 4.79 Å². The standard InChI is InChI=1S/C18H26FNO/c1-14(16-8-10-17(19)11-9-16)12-18(21)20(2)13-15-6-4-3-5-7-15/h8-11,14-15H,3-7,12-13H2,1-2H3. The minimum atomic E-state index is -0.230. The van der Waals surface area contributed by atoms with E-state index in [0.29, 0.717) is 12.3 Å². The lowest BCUT2D eigenvalue weighted by atomic mass is 9.89. The van der Waals surface area contributed by atoms with Gasteiger partial charge in [-0.2, -0.15) is 0 Å². The molecule has 1 amide bonds. The van der Waals surface area contributed by atoms with Gasteiger partial charge in [0.05, 0.1) is 0 Å². The monoisotopic (exact) mass is 291 g/mol. The number of benzene rings is 1. The topological polar surface area (TPSA) is 20.3 Å². The van der Waals surface area contributed by atoms with E-state index in [4.69, 9.17) is 0 Å². The van der Waals surface area contributed by atoms with E-state index < -0.39 is 0 Å². The van der Waals surface area contributed by atoms with Crippen LogP contribution in [0.25, 0.3) is 0 Å². The van der Waals surface area contributed by atoms with Crippen LogP contribution in [0.15, 0.2) is 24.3 Å². The number of rotatable bonds is 5. The first kappa shape index (κ1) is 16.0. The predicted octanol–water partition coefficient (Wildman–Crippen LogP) is 4.36. The van der Waals surface area contributed by atoms with Crippen LogP contribution in [0.5, 0.6) is 0 Å². The van der Waals surface area contributed by atoms with Gasteiger partial charge in [-0.1, -0.05) is 38.3 Å². The molecule has 0 radical (unpaired) electrons. The van der Waals surface area contributed by atoms with E-state index in [2.05, 4.69) is 0 Å². The lowest BCUT2D eigenvalue weighted by molar-refractivity contribution is -0.130. The molecule has 1 aliphatic rings. The van der Waals surface area contributed by atoms with Gasteiger partial charge in [0.2, 0.25) is 5.91 Å². The van der Waals surface area contributed by atoms with E-state index in [-0.39, 0.29) is 17.6 Å². The van der Waals surface area contributed by atoms with E-state index in [0.717, 1.165) is 12.1 Å². The number of carbonyl (C=O) groups excluding carboxylic acids is 1. The van der Waals surface area contributed by atoms with Crippen molar-refractivity contribution in [1.29, 1.82) is 0 Å². The van der Waals surface area contributed by atoms with Crippen LogP contribution in [0.3, 0.4) is 0 Å². The Morgan fingerprint density at radius 1 is 1.24 bits per heavy atom. The van der Waals surface area contributed by atoms with Crippen LogP contribution in [0.4, 0.5) is 4.39 Å². The van der Waals surface area contributed by atoms with Gasteiger partial charge in [-0.3, -0.25) is 4.79 Å². The number of amides is 1. The molecule has 0 spiro atoms. The van der Waals surface area contributed by atoms with Crippen molar-refractivity contribution in [2.24, 2.45) is 5.92 Å². The fraction of sp³-hybridized carbons (Fsp3) is 0.611. The second-order valence-corrected chi connectivity index (χ2v) is 6.44. The van der Waals surface area contributed by atoms with Gasteiger partial charge in [-0.05, 0) is 42.4 Å². The third-order valence-corrected chi connectivity index (χ3v) is 4.60. The van der Waals surface area contributed by atoms with E-state index in [1.165, 1.54) is 44.2 Å².